The van der Waals surface area contributed by atoms with Gasteiger partial charge in [-0.05, 0) is 37.3 Å². The molecule has 1 aromatic rings. The van der Waals surface area contributed by atoms with Crippen LogP contribution >= 0.6 is 0 Å². The molecule has 110 valence electrons. The predicted octanol–water partition coefficient (Wildman–Crippen LogP) is 2.07. The van der Waals surface area contributed by atoms with Crippen molar-refractivity contribution < 1.29 is 5.11 Å². The fourth-order valence-electron chi connectivity index (χ4n) is 3.52. The second-order valence-corrected chi connectivity index (χ2v) is 6.48. The van der Waals surface area contributed by atoms with Gasteiger partial charge in [-0.1, -0.05) is 19.9 Å². The molecular formula is C16H25N3O. The van der Waals surface area contributed by atoms with Crippen LogP contribution in [0.3, 0.4) is 0 Å². The topological polar surface area (TPSA) is 48.4 Å². The van der Waals surface area contributed by atoms with Crippen molar-refractivity contribution in [3.8, 4) is 0 Å². The Balaban J connectivity index is 1.69. The Morgan fingerprint density at radius 2 is 2.00 bits per heavy atom. The number of fused-ring (bicyclic) bond motifs is 2. The maximum atomic E-state index is 9.87. The van der Waals surface area contributed by atoms with Gasteiger partial charge < -0.3 is 15.3 Å². The van der Waals surface area contributed by atoms with Crippen LogP contribution < -0.4 is 10.2 Å². The highest BCUT2D eigenvalue weighted by Crippen LogP contribution is 2.38. The lowest BCUT2D eigenvalue weighted by molar-refractivity contribution is 0.126. The van der Waals surface area contributed by atoms with Crippen molar-refractivity contribution in [3.63, 3.8) is 0 Å². The fraction of sp³-hybridized carbons (Fsp3) is 0.688. The molecule has 0 amide bonds. The number of aliphatic hydroxyl groups is 1. The minimum atomic E-state index is -0.113. The molecule has 0 saturated carbocycles. The molecule has 0 aliphatic carbocycles. The van der Waals surface area contributed by atoms with Crippen LogP contribution in [0.25, 0.3) is 0 Å². The van der Waals surface area contributed by atoms with Crippen LogP contribution in [-0.4, -0.2) is 34.3 Å². The first-order chi connectivity index (χ1) is 9.63. The van der Waals surface area contributed by atoms with Crippen LogP contribution in [0, 0.1) is 0 Å². The minimum Gasteiger partial charge on any atom is -0.393 e. The monoisotopic (exact) mass is 275 g/mol. The first-order valence-corrected chi connectivity index (χ1v) is 7.78. The Bertz CT molecular complexity index is 432. The summed E-state index contributed by atoms with van der Waals surface area (Å²) in [4.78, 5) is 7.09. The van der Waals surface area contributed by atoms with Crippen molar-refractivity contribution in [1.82, 2.24) is 10.3 Å². The Hall–Kier alpha value is -1.13. The second-order valence-electron chi connectivity index (χ2n) is 6.48. The predicted molar refractivity (Wildman–Crippen MR) is 80.7 cm³/mol. The van der Waals surface area contributed by atoms with E-state index < -0.39 is 0 Å². The molecular weight excluding hydrogens is 250 g/mol. The molecule has 2 fully saturated rings. The van der Waals surface area contributed by atoms with E-state index in [-0.39, 0.29) is 6.10 Å². The molecule has 20 heavy (non-hydrogen) atoms. The van der Waals surface area contributed by atoms with E-state index in [1.807, 2.05) is 6.20 Å². The third kappa shape index (κ3) is 2.81. The van der Waals surface area contributed by atoms with Gasteiger partial charge in [0.15, 0.2) is 0 Å². The van der Waals surface area contributed by atoms with Crippen molar-refractivity contribution in [2.75, 3.05) is 4.90 Å². The van der Waals surface area contributed by atoms with Crippen LogP contribution in [0.5, 0.6) is 0 Å². The van der Waals surface area contributed by atoms with E-state index in [2.05, 4.69) is 41.2 Å². The molecule has 2 bridgehead atoms. The number of nitrogens with one attached hydrogen (secondary N) is 1. The van der Waals surface area contributed by atoms with Crippen molar-refractivity contribution in [1.29, 1.82) is 0 Å². The van der Waals surface area contributed by atoms with Gasteiger partial charge in [-0.2, -0.15) is 0 Å². The average molecular weight is 275 g/mol. The molecule has 0 spiro atoms. The molecule has 2 unspecified atom stereocenters. The summed E-state index contributed by atoms with van der Waals surface area (Å²) >= 11 is 0. The Morgan fingerprint density at radius 1 is 1.30 bits per heavy atom. The maximum absolute atomic E-state index is 9.87. The smallest absolute Gasteiger partial charge is 0.128 e. The molecule has 2 atom stereocenters. The summed E-state index contributed by atoms with van der Waals surface area (Å²) in [7, 11) is 0. The van der Waals surface area contributed by atoms with E-state index in [1.54, 1.807) is 0 Å². The van der Waals surface area contributed by atoms with Crippen molar-refractivity contribution in [3.05, 3.63) is 23.9 Å². The number of hydrogen-bond donors (Lipinski definition) is 2. The van der Waals surface area contributed by atoms with Crippen molar-refractivity contribution in [2.45, 2.75) is 70.3 Å². The number of rotatable bonds is 4. The molecule has 2 aliphatic heterocycles. The lowest BCUT2D eigenvalue weighted by Gasteiger charge is -2.38. The largest absolute Gasteiger partial charge is 0.393 e. The van der Waals surface area contributed by atoms with Gasteiger partial charge in [-0.3, -0.25) is 0 Å². The number of aliphatic hydroxyl groups excluding tert-OH is 1. The quantitative estimate of drug-likeness (QED) is 0.883. The molecule has 3 rings (SSSR count). The lowest BCUT2D eigenvalue weighted by atomic mass is 10.00. The number of pyridine rings is 1. The molecule has 2 saturated heterocycles. The number of aromatic nitrogens is 1. The summed E-state index contributed by atoms with van der Waals surface area (Å²) in [6.07, 6.45) is 6.05. The van der Waals surface area contributed by atoms with Crippen LogP contribution in [-0.2, 0) is 6.54 Å². The van der Waals surface area contributed by atoms with Gasteiger partial charge in [0, 0.05) is 30.9 Å². The summed E-state index contributed by atoms with van der Waals surface area (Å²) in [6.45, 7) is 5.17. The van der Waals surface area contributed by atoms with Crippen LogP contribution in [0.4, 0.5) is 5.82 Å². The zero-order valence-corrected chi connectivity index (χ0v) is 12.4. The minimum absolute atomic E-state index is 0.113. The summed E-state index contributed by atoms with van der Waals surface area (Å²) < 4.78 is 0. The Morgan fingerprint density at radius 3 is 2.55 bits per heavy atom. The maximum Gasteiger partial charge on any atom is 0.128 e. The van der Waals surface area contributed by atoms with Crippen LogP contribution in [0.15, 0.2) is 18.3 Å². The molecule has 4 heteroatoms. The highest BCUT2D eigenvalue weighted by Gasteiger charge is 2.40. The SMILES string of the molecule is CC(C)NCc1ccc(N2C3CCC2CC(O)C3)nc1. The van der Waals surface area contributed by atoms with Gasteiger partial charge in [0.2, 0.25) is 0 Å². The fourth-order valence-corrected chi connectivity index (χ4v) is 3.52. The zero-order valence-electron chi connectivity index (χ0n) is 12.4. The zero-order chi connectivity index (χ0) is 14.1. The molecule has 3 heterocycles. The third-order valence-corrected chi connectivity index (χ3v) is 4.50. The molecule has 0 radical (unpaired) electrons. The number of nitrogens with zero attached hydrogens (tertiary/aromatic N) is 2. The van der Waals surface area contributed by atoms with E-state index in [4.69, 9.17) is 0 Å². The van der Waals surface area contributed by atoms with Crippen molar-refractivity contribution >= 4 is 5.82 Å². The Kier molecular flexibility index (Phi) is 3.94. The van der Waals surface area contributed by atoms with Gasteiger partial charge in [0.05, 0.1) is 6.10 Å². The molecule has 1 aromatic heterocycles. The highest BCUT2D eigenvalue weighted by atomic mass is 16.3. The van der Waals surface area contributed by atoms with E-state index in [1.165, 1.54) is 18.4 Å². The summed E-state index contributed by atoms with van der Waals surface area (Å²) in [6, 6.07) is 5.77. The molecule has 4 nitrogen and oxygen atoms in total. The molecule has 2 aliphatic rings. The molecule has 0 aromatic carbocycles. The van der Waals surface area contributed by atoms with Crippen molar-refractivity contribution in [2.24, 2.45) is 0 Å². The third-order valence-electron chi connectivity index (χ3n) is 4.50. The first-order valence-electron chi connectivity index (χ1n) is 7.78. The highest BCUT2D eigenvalue weighted by molar-refractivity contribution is 5.44. The number of anilines is 1. The van der Waals surface area contributed by atoms with E-state index in [0.29, 0.717) is 18.1 Å². The van der Waals surface area contributed by atoms with Gasteiger partial charge in [-0.25, -0.2) is 4.98 Å². The van der Waals surface area contributed by atoms with Gasteiger partial charge in [-0.15, -0.1) is 0 Å². The number of piperidine rings is 1. The lowest BCUT2D eigenvalue weighted by Crippen LogP contribution is -2.45. The molecule has 2 N–H and O–H groups in total. The van der Waals surface area contributed by atoms with E-state index in [0.717, 1.165) is 25.2 Å². The van der Waals surface area contributed by atoms with Gasteiger partial charge in [0.1, 0.15) is 5.82 Å². The van der Waals surface area contributed by atoms with Gasteiger partial charge >= 0.3 is 0 Å². The van der Waals surface area contributed by atoms with Crippen LogP contribution in [0.2, 0.25) is 0 Å². The van der Waals surface area contributed by atoms with E-state index in [9.17, 15) is 5.11 Å². The Labute approximate surface area is 121 Å². The average Bonchev–Trinajstić information content (AvgIpc) is 2.69. The first kappa shape index (κ1) is 13.8. The summed E-state index contributed by atoms with van der Waals surface area (Å²) in [5.41, 5.74) is 1.23. The summed E-state index contributed by atoms with van der Waals surface area (Å²) in [5, 5.41) is 13.3. The van der Waals surface area contributed by atoms with E-state index >= 15 is 0 Å². The standard InChI is InChI=1S/C16H25N3O/c1-11(2)17-9-12-3-6-16(18-10-12)19-13-4-5-14(19)8-15(20)7-13/h3,6,10-11,13-15,17,20H,4-5,7-9H2,1-2H3. The normalized spacial score (nSPS) is 29.2. The number of hydrogen-bond acceptors (Lipinski definition) is 4. The summed E-state index contributed by atoms with van der Waals surface area (Å²) in [5.74, 6) is 1.08. The second kappa shape index (κ2) is 5.70. The van der Waals surface area contributed by atoms with Crippen LogP contribution in [0.1, 0.15) is 45.1 Å². The van der Waals surface area contributed by atoms with Gasteiger partial charge in [0.25, 0.3) is 0 Å².